The molecule has 3 rings (SSSR count). The van der Waals surface area contributed by atoms with Crippen LogP contribution in [0.15, 0.2) is 36.5 Å². The SMILES string of the molecule is CCCCNC(=O)c1cc(Nc2ccc3c(c2)OCCO3)ccn1. The van der Waals surface area contributed by atoms with Gasteiger partial charge in [-0.05, 0) is 30.7 Å². The van der Waals surface area contributed by atoms with E-state index in [1.807, 2.05) is 24.3 Å². The van der Waals surface area contributed by atoms with Gasteiger partial charge in [0.05, 0.1) is 0 Å². The number of carbonyl (C=O) groups is 1. The molecular weight excluding hydrogens is 306 g/mol. The van der Waals surface area contributed by atoms with Gasteiger partial charge in [0.25, 0.3) is 5.91 Å². The number of carbonyl (C=O) groups excluding carboxylic acids is 1. The van der Waals surface area contributed by atoms with Gasteiger partial charge in [-0.3, -0.25) is 9.78 Å². The number of rotatable bonds is 6. The fraction of sp³-hybridized carbons (Fsp3) is 0.333. The number of amides is 1. The summed E-state index contributed by atoms with van der Waals surface area (Å²) >= 11 is 0. The number of nitrogens with zero attached hydrogens (tertiary/aromatic N) is 1. The third-order valence-corrected chi connectivity index (χ3v) is 3.64. The Morgan fingerprint density at radius 2 is 1.92 bits per heavy atom. The van der Waals surface area contributed by atoms with Crippen LogP contribution >= 0.6 is 0 Å². The van der Waals surface area contributed by atoms with Gasteiger partial charge in [0.15, 0.2) is 11.5 Å². The van der Waals surface area contributed by atoms with Gasteiger partial charge in [-0.25, -0.2) is 0 Å². The average Bonchev–Trinajstić information content (AvgIpc) is 2.62. The van der Waals surface area contributed by atoms with E-state index in [1.165, 1.54) is 0 Å². The predicted octanol–water partition coefficient (Wildman–Crippen LogP) is 3.13. The topological polar surface area (TPSA) is 72.5 Å². The summed E-state index contributed by atoms with van der Waals surface area (Å²) < 4.78 is 11.1. The molecule has 1 aromatic heterocycles. The predicted molar refractivity (Wildman–Crippen MR) is 92.2 cm³/mol. The van der Waals surface area contributed by atoms with Crippen LogP contribution in [0.4, 0.5) is 11.4 Å². The van der Waals surface area contributed by atoms with Crippen molar-refractivity contribution in [2.75, 3.05) is 25.1 Å². The highest BCUT2D eigenvalue weighted by molar-refractivity contribution is 5.93. The van der Waals surface area contributed by atoms with Crippen LogP contribution in [0.5, 0.6) is 11.5 Å². The quantitative estimate of drug-likeness (QED) is 0.798. The third kappa shape index (κ3) is 3.95. The lowest BCUT2D eigenvalue weighted by Gasteiger charge is -2.19. The third-order valence-electron chi connectivity index (χ3n) is 3.64. The molecule has 2 aromatic rings. The first kappa shape index (κ1) is 16.1. The first-order valence-corrected chi connectivity index (χ1v) is 8.17. The minimum absolute atomic E-state index is 0.158. The Hall–Kier alpha value is -2.76. The van der Waals surface area contributed by atoms with E-state index in [-0.39, 0.29) is 5.91 Å². The number of benzene rings is 1. The van der Waals surface area contributed by atoms with E-state index in [1.54, 1.807) is 12.3 Å². The van der Waals surface area contributed by atoms with E-state index in [0.29, 0.717) is 25.5 Å². The van der Waals surface area contributed by atoms with Gasteiger partial charge >= 0.3 is 0 Å². The van der Waals surface area contributed by atoms with E-state index in [0.717, 1.165) is 35.7 Å². The molecule has 1 aromatic carbocycles. The number of anilines is 2. The van der Waals surface area contributed by atoms with E-state index < -0.39 is 0 Å². The van der Waals surface area contributed by atoms with E-state index in [2.05, 4.69) is 22.5 Å². The van der Waals surface area contributed by atoms with Crippen molar-refractivity contribution in [2.24, 2.45) is 0 Å². The van der Waals surface area contributed by atoms with Gasteiger partial charge in [0.1, 0.15) is 18.9 Å². The van der Waals surface area contributed by atoms with E-state index in [9.17, 15) is 4.79 Å². The number of hydrogen-bond donors (Lipinski definition) is 2. The monoisotopic (exact) mass is 327 g/mol. The van der Waals surface area contributed by atoms with Gasteiger partial charge in [0, 0.05) is 30.2 Å². The molecule has 1 amide bonds. The van der Waals surface area contributed by atoms with Crippen LogP contribution in [-0.4, -0.2) is 30.6 Å². The van der Waals surface area contributed by atoms with Crippen LogP contribution < -0.4 is 20.1 Å². The van der Waals surface area contributed by atoms with Crippen LogP contribution in [0, 0.1) is 0 Å². The fourth-order valence-corrected chi connectivity index (χ4v) is 2.39. The Labute approximate surface area is 141 Å². The van der Waals surface area contributed by atoms with Crippen LogP contribution in [0.3, 0.4) is 0 Å². The van der Waals surface area contributed by atoms with Gasteiger partial charge in [-0.1, -0.05) is 13.3 Å². The molecule has 0 atom stereocenters. The largest absolute Gasteiger partial charge is 0.486 e. The molecule has 6 heteroatoms. The zero-order chi connectivity index (χ0) is 16.8. The van der Waals surface area contributed by atoms with Crippen LogP contribution in [0.25, 0.3) is 0 Å². The maximum atomic E-state index is 12.1. The second kappa shape index (κ2) is 7.68. The summed E-state index contributed by atoms with van der Waals surface area (Å²) in [7, 11) is 0. The number of aromatic nitrogens is 1. The zero-order valence-electron chi connectivity index (χ0n) is 13.7. The second-order valence-electron chi connectivity index (χ2n) is 5.52. The molecule has 0 saturated carbocycles. The lowest BCUT2D eigenvalue weighted by Crippen LogP contribution is -2.25. The molecule has 0 aliphatic carbocycles. The molecule has 6 nitrogen and oxygen atoms in total. The van der Waals surface area contributed by atoms with E-state index >= 15 is 0 Å². The van der Waals surface area contributed by atoms with Crippen molar-refractivity contribution in [3.63, 3.8) is 0 Å². The summed E-state index contributed by atoms with van der Waals surface area (Å²) in [6.07, 6.45) is 3.62. The number of unbranched alkanes of at least 4 members (excludes halogenated alkanes) is 1. The van der Waals surface area contributed by atoms with Crippen molar-refractivity contribution in [3.8, 4) is 11.5 Å². The molecule has 2 heterocycles. The Morgan fingerprint density at radius 1 is 1.12 bits per heavy atom. The Bertz CT molecular complexity index is 718. The normalized spacial score (nSPS) is 12.5. The smallest absolute Gasteiger partial charge is 0.269 e. The molecule has 0 bridgehead atoms. The van der Waals surface area contributed by atoms with Gasteiger partial charge < -0.3 is 20.1 Å². The lowest BCUT2D eigenvalue weighted by molar-refractivity contribution is 0.0948. The Balaban J connectivity index is 1.69. The van der Waals surface area contributed by atoms with E-state index in [4.69, 9.17) is 9.47 Å². The first-order valence-electron chi connectivity index (χ1n) is 8.17. The highest BCUT2D eigenvalue weighted by Gasteiger charge is 2.12. The maximum absolute atomic E-state index is 12.1. The standard InChI is InChI=1S/C18H21N3O3/c1-2-3-7-20-18(22)15-11-14(6-8-19-15)21-13-4-5-16-17(12-13)24-10-9-23-16/h4-6,8,11-12H,2-3,7,9-10H2,1H3,(H,19,21)(H,20,22). The molecule has 0 radical (unpaired) electrons. The Kier molecular flexibility index (Phi) is 5.15. The summed E-state index contributed by atoms with van der Waals surface area (Å²) in [6, 6.07) is 9.22. The van der Waals surface area contributed by atoms with Crippen molar-refractivity contribution in [1.29, 1.82) is 0 Å². The van der Waals surface area contributed by atoms with Gasteiger partial charge in [0.2, 0.25) is 0 Å². The Morgan fingerprint density at radius 3 is 2.75 bits per heavy atom. The summed E-state index contributed by atoms with van der Waals surface area (Å²) in [5.41, 5.74) is 2.05. The minimum atomic E-state index is -0.158. The number of pyridine rings is 1. The average molecular weight is 327 g/mol. The summed E-state index contributed by atoms with van der Waals surface area (Å²) in [6.45, 7) is 3.87. The number of hydrogen-bond acceptors (Lipinski definition) is 5. The first-order chi connectivity index (χ1) is 11.8. The fourth-order valence-electron chi connectivity index (χ4n) is 2.39. The summed E-state index contributed by atoms with van der Waals surface area (Å²) in [5, 5.41) is 6.13. The highest BCUT2D eigenvalue weighted by atomic mass is 16.6. The maximum Gasteiger partial charge on any atom is 0.269 e. The van der Waals surface area contributed by atoms with Crippen LogP contribution in [0.1, 0.15) is 30.3 Å². The van der Waals surface area contributed by atoms with Crippen molar-refractivity contribution >= 4 is 17.3 Å². The minimum Gasteiger partial charge on any atom is -0.486 e. The van der Waals surface area contributed by atoms with Crippen LogP contribution in [0.2, 0.25) is 0 Å². The number of nitrogens with one attached hydrogen (secondary N) is 2. The number of ether oxygens (including phenoxy) is 2. The molecule has 2 N–H and O–H groups in total. The van der Waals surface area contributed by atoms with Gasteiger partial charge in [-0.15, -0.1) is 0 Å². The molecule has 126 valence electrons. The lowest BCUT2D eigenvalue weighted by atomic mass is 10.2. The molecule has 1 aliphatic rings. The molecule has 0 saturated heterocycles. The molecule has 0 spiro atoms. The highest BCUT2D eigenvalue weighted by Crippen LogP contribution is 2.33. The molecule has 1 aliphatic heterocycles. The van der Waals surface area contributed by atoms with Crippen molar-refractivity contribution in [2.45, 2.75) is 19.8 Å². The van der Waals surface area contributed by atoms with Crippen molar-refractivity contribution < 1.29 is 14.3 Å². The summed E-state index contributed by atoms with van der Waals surface area (Å²) in [5.74, 6) is 1.31. The summed E-state index contributed by atoms with van der Waals surface area (Å²) in [4.78, 5) is 16.2. The van der Waals surface area contributed by atoms with Crippen LogP contribution in [-0.2, 0) is 0 Å². The molecular formula is C18H21N3O3. The molecule has 24 heavy (non-hydrogen) atoms. The number of fused-ring (bicyclic) bond motifs is 1. The second-order valence-corrected chi connectivity index (χ2v) is 5.52. The van der Waals surface area contributed by atoms with Crippen molar-refractivity contribution in [3.05, 3.63) is 42.2 Å². The molecule has 0 unspecified atom stereocenters. The van der Waals surface area contributed by atoms with Gasteiger partial charge in [-0.2, -0.15) is 0 Å². The zero-order valence-corrected chi connectivity index (χ0v) is 13.7. The molecule has 0 fully saturated rings. The van der Waals surface area contributed by atoms with Crippen molar-refractivity contribution in [1.82, 2.24) is 10.3 Å².